The van der Waals surface area contributed by atoms with Crippen LogP contribution in [0.2, 0.25) is 0 Å². The van der Waals surface area contributed by atoms with Crippen LogP contribution in [0.15, 0.2) is 36.4 Å². The Morgan fingerprint density at radius 2 is 1.09 bits per heavy atom. The molecule has 2 aromatic carbocycles. The van der Waals surface area contributed by atoms with E-state index in [1.807, 2.05) is 51.3 Å². The zero-order valence-corrected chi connectivity index (χ0v) is 32.8. The van der Waals surface area contributed by atoms with Gasteiger partial charge in [0, 0.05) is 58.4 Å². The molecule has 4 saturated heterocycles. The number of rotatable bonds is 3. The SMILES string of the molecule is CC(C)(C)OC(=O)N1CCCC2(CCN(c3c(F)cccc3[N+](=O)[O-])CC2)C1.CC(C)(C)OC(=O)N1CCCC2(CCN(c3c(N)cccc3F)CC2)C1. The average molecular weight is 757 g/mol. The normalized spacial score (nSPS) is 19.9. The molecule has 12 nitrogen and oxygen atoms in total. The lowest BCUT2D eigenvalue weighted by Gasteiger charge is -2.48. The van der Waals surface area contributed by atoms with Gasteiger partial charge in [0.05, 0.1) is 16.3 Å². The summed E-state index contributed by atoms with van der Waals surface area (Å²) in [6.45, 7) is 16.6. The van der Waals surface area contributed by atoms with Crippen LogP contribution in [0.5, 0.6) is 0 Å². The van der Waals surface area contributed by atoms with Crippen LogP contribution in [0.25, 0.3) is 0 Å². The Morgan fingerprint density at radius 1 is 0.685 bits per heavy atom. The molecule has 4 fully saturated rings. The smallest absolute Gasteiger partial charge is 0.410 e. The van der Waals surface area contributed by atoms with Crippen LogP contribution < -0.4 is 15.5 Å². The minimum atomic E-state index is -0.566. The summed E-state index contributed by atoms with van der Waals surface area (Å²) in [6, 6.07) is 8.81. The number of benzene rings is 2. The third-order valence-corrected chi connectivity index (χ3v) is 11.1. The van der Waals surface area contributed by atoms with Gasteiger partial charge in [0.1, 0.15) is 17.0 Å². The molecule has 298 valence electrons. The molecule has 4 heterocycles. The number of para-hydroxylation sites is 2. The van der Waals surface area contributed by atoms with Crippen molar-refractivity contribution in [1.82, 2.24) is 9.80 Å². The van der Waals surface area contributed by atoms with Crippen molar-refractivity contribution >= 4 is 34.9 Å². The van der Waals surface area contributed by atoms with Crippen molar-refractivity contribution in [3.63, 3.8) is 0 Å². The number of nitro benzene ring substituents is 1. The van der Waals surface area contributed by atoms with Gasteiger partial charge in [-0.3, -0.25) is 10.1 Å². The number of piperidine rings is 4. The number of nitro groups is 1. The van der Waals surface area contributed by atoms with Crippen LogP contribution in [0.4, 0.5) is 41.1 Å². The Kier molecular flexibility index (Phi) is 12.2. The van der Waals surface area contributed by atoms with E-state index in [9.17, 15) is 28.5 Å². The number of hydrogen-bond donors (Lipinski definition) is 1. The second-order valence-corrected chi connectivity index (χ2v) is 17.5. The number of nitrogens with two attached hydrogens (primary N) is 1. The highest BCUT2D eigenvalue weighted by Gasteiger charge is 2.43. The van der Waals surface area contributed by atoms with Gasteiger partial charge >= 0.3 is 12.2 Å². The van der Waals surface area contributed by atoms with Crippen molar-refractivity contribution in [2.45, 2.75) is 104 Å². The highest BCUT2D eigenvalue weighted by Crippen LogP contribution is 2.44. The molecule has 0 unspecified atom stereocenters. The van der Waals surface area contributed by atoms with Crippen molar-refractivity contribution in [2.24, 2.45) is 10.8 Å². The first kappa shape index (κ1) is 40.8. The number of anilines is 3. The van der Waals surface area contributed by atoms with Gasteiger partial charge in [-0.15, -0.1) is 0 Å². The van der Waals surface area contributed by atoms with E-state index in [4.69, 9.17) is 15.2 Å². The molecule has 0 radical (unpaired) electrons. The molecule has 2 N–H and O–H groups in total. The van der Waals surface area contributed by atoms with Crippen molar-refractivity contribution in [2.75, 3.05) is 67.9 Å². The highest BCUT2D eigenvalue weighted by molar-refractivity contribution is 5.70. The molecule has 2 amide bonds. The van der Waals surface area contributed by atoms with E-state index in [2.05, 4.69) is 0 Å². The summed E-state index contributed by atoms with van der Waals surface area (Å²) in [5.74, 6) is -0.829. The minimum Gasteiger partial charge on any atom is -0.444 e. The Hall–Kier alpha value is -4.36. The summed E-state index contributed by atoms with van der Waals surface area (Å²) < 4.78 is 39.6. The number of carbonyl (C=O) groups excluding carboxylic acids is 2. The second-order valence-electron chi connectivity index (χ2n) is 17.5. The standard InChI is InChI=1S/C20H28FN3O4.C20H30FN3O2/c1-19(2,3)28-18(25)23-11-5-8-20(14-23)9-12-22(13-10-20)17-15(21)6-4-7-16(17)24(26)27;1-19(2,3)26-18(25)24-11-5-8-20(14-24)9-12-23(13-10-20)17-15(21)6-4-7-16(17)22/h4,6-7H,5,8-14H2,1-3H3;4,6-7H,5,8-14,22H2,1-3H3. The monoisotopic (exact) mass is 756 g/mol. The molecule has 2 spiro atoms. The largest absolute Gasteiger partial charge is 0.444 e. The lowest BCUT2D eigenvalue weighted by Crippen LogP contribution is -2.52. The third kappa shape index (κ3) is 10.0. The number of ether oxygens (including phenoxy) is 2. The van der Waals surface area contributed by atoms with E-state index in [-0.39, 0.29) is 40.2 Å². The topological polar surface area (TPSA) is 135 Å². The predicted molar refractivity (Wildman–Crippen MR) is 206 cm³/mol. The summed E-state index contributed by atoms with van der Waals surface area (Å²) in [6.07, 6.45) is 6.86. The van der Waals surface area contributed by atoms with E-state index in [0.717, 1.165) is 77.5 Å². The van der Waals surface area contributed by atoms with Crippen LogP contribution in [-0.2, 0) is 9.47 Å². The van der Waals surface area contributed by atoms with E-state index in [1.165, 1.54) is 24.3 Å². The van der Waals surface area contributed by atoms with Gasteiger partial charge < -0.3 is 34.8 Å². The van der Waals surface area contributed by atoms with E-state index < -0.39 is 21.9 Å². The number of nitrogen functional groups attached to an aromatic ring is 1. The maximum atomic E-state index is 14.3. The molecule has 4 aliphatic heterocycles. The number of halogens is 2. The van der Waals surface area contributed by atoms with Gasteiger partial charge in [-0.2, -0.15) is 0 Å². The van der Waals surface area contributed by atoms with Crippen LogP contribution in [0.1, 0.15) is 92.9 Å². The lowest BCUT2D eigenvalue weighted by atomic mass is 9.72. The molecule has 14 heteroatoms. The Bertz CT molecular complexity index is 1640. The maximum absolute atomic E-state index is 14.3. The quantitative estimate of drug-likeness (QED) is 0.186. The molecule has 0 bridgehead atoms. The van der Waals surface area contributed by atoms with Crippen molar-refractivity contribution in [3.05, 3.63) is 58.1 Å². The fourth-order valence-corrected chi connectivity index (χ4v) is 8.44. The number of nitrogens with zero attached hydrogens (tertiary/aromatic N) is 5. The molecule has 2 aromatic rings. The third-order valence-electron chi connectivity index (χ3n) is 11.1. The number of hydrogen-bond acceptors (Lipinski definition) is 9. The van der Waals surface area contributed by atoms with Crippen molar-refractivity contribution in [3.8, 4) is 0 Å². The van der Waals surface area contributed by atoms with Crippen LogP contribution >= 0.6 is 0 Å². The molecule has 0 aromatic heterocycles. The molecular weight excluding hydrogens is 698 g/mol. The maximum Gasteiger partial charge on any atom is 0.410 e. The highest BCUT2D eigenvalue weighted by atomic mass is 19.1. The van der Waals surface area contributed by atoms with Gasteiger partial charge in [-0.25, -0.2) is 18.4 Å². The van der Waals surface area contributed by atoms with Crippen LogP contribution in [0.3, 0.4) is 0 Å². The van der Waals surface area contributed by atoms with E-state index >= 15 is 0 Å². The first-order valence-corrected chi connectivity index (χ1v) is 19.2. The first-order chi connectivity index (χ1) is 25.3. The van der Waals surface area contributed by atoms with Gasteiger partial charge in [0.25, 0.3) is 5.69 Å². The number of amides is 2. The number of likely N-dealkylation sites (tertiary alicyclic amines) is 2. The first-order valence-electron chi connectivity index (χ1n) is 19.2. The fourth-order valence-electron chi connectivity index (χ4n) is 8.44. The van der Waals surface area contributed by atoms with Gasteiger partial charge in [-0.05, 0) is 122 Å². The molecule has 4 aliphatic rings. The average Bonchev–Trinajstić information content (AvgIpc) is 3.08. The zero-order valence-electron chi connectivity index (χ0n) is 32.8. The Morgan fingerprint density at radius 3 is 1.50 bits per heavy atom. The molecule has 0 aliphatic carbocycles. The summed E-state index contributed by atoms with van der Waals surface area (Å²) in [7, 11) is 0. The van der Waals surface area contributed by atoms with E-state index in [1.54, 1.807) is 21.9 Å². The number of carbonyl (C=O) groups is 2. The summed E-state index contributed by atoms with van der Waals surface area (Å²) in [5.41, 5.74) is 5.92. The van der Waals surface area contributed by atoms with Crippen LogP contribution in [0, 0.1) is 32.6 Å². The second kappa shape index (κ2) is 16.2. The van der Waals surface area contributed by atoms with Gasteiger partial charge in [0.2, 0.25) is 0 Å². The molecule has 0 saturated carbocycles. The van der Waals surface area contributed by atoms with Crippen molar-refractivity contribution in [1.29, 1.82) is 0 Å². The predicted octanol–water partition coefficient (Wildman–Crippen LogP) is 8.38. The lowest BCUT2D eigenvalue weighted by molar-refractivity contribution is -0.384. The summed E-state index contributed by atoms with van der Waals surface area (Å²) >= 11 is 0. The van der Waals surface area contributed by atoms with Crippen molar-refractivity contribution < 1.29 is 32.8 Å². The minimum absolute atomic E-state index is 0.0360. The Balaban J connectivity index is 0.000000208. The molecule has 54 heavy (non-hydrogen) atoms. The Labute approximate surface area is 318 Å². The van der Waals surface area contributed by atoms with Crippen LogP contribution in [-0.4, -0.2) is 90.5 Å². The van der Waals surface area contributed by atoms with E-state index in [0.29, 0.717) is 37.6 Å². The fraction of sp³-hybridized carbons (Fsp3) is 0.650. The summed E-state index contributed by atoms with van der Waals surface area (Å²) in [4.78, 5) is 43.1. The molecular formula is C40H58F2N6O6. The van der Waals surface area contributed by atoms with Gasteiger partial charge in [0.15, 0.2) is 11.5 Å². The summed E-state index contributed by atoms with van der Waals surface area (Å²) in [5, 5.41) is 11.3. The molecule has 0 atom stereocenters. The molecule has 6 rings (SSSR count). The zero-order chi connectivity index (χ0) is 39.5. The van der Waals surface area contributed by atoms with Gasteiger partial charge in [-0.1, -0.05) is 12.1 Å².